The van der Waals surface area contributed by atoms with Gasteiger partial charge in [-0.2, -0.15) is 0 Å². The summed E-state index contributed by atoms with van der Waals surface area (Å²) in [6.07, 6.45) is 3.87. The molecule has 0 spiro atoms. The molecule has 0 bridgehead atoms. The van der Waals surface area contributed by atoms with E-state index in [-0.39, 0.29) is 11.7 Å². The number of methoxy groups -OCH3 is 1. The highest BCUT2D eigenvalue weighted by atomic mass is 16.5. The third-order valence-corrected chi connectivity index (χ3v) is 4.36. The zero-order valence-corrected chi connectivity index (χ0v) is 13.1. The molecule has 0 fully saturated rings. The standard InChI is InChI=1S/C19H21NO2/c1-3-4-14-7-11-18-16(19(14)21)10-12-17(20-18)13-5-8-15(22-2)9-6-13/h5-6,8-10,12,14H,3-4,7,11H2,1-2H3. The molecule has 1 aromatic carbocycles. The van der Waals surface area contributed by atoms with Crippen molar-refractivity contribution in [3.63, 3.8) is 0 Å². The van der Waals surface area contributed by atoms with Crippen molar-refractivity contribution in [3.8, 4) is 17.0 Å². The second kappa shape index (κ2) is 6.30. The predicted octanol–water partition coefficient (Wildman–Crippen LogP) is 4.30. The molecule has 0 aliphatic heterocycles. The predicted molar refractivity (Wildman–Crippen MR) is 87.3 cm³/mol. The average Bonchev–Trinajstić information content (AvgIpc) is 2.57. The second-order valence-electron chi connectivity index (χ2n) is 5.81. The maximum absolute atomic E-state index is 12.5. The molecular weight excluding hydrogens is 274 g/mol. The van der Waals surface area contributed by atoms with Crippen LogP contribution < -0.4 is 4.74 Å². The van der Waals surface area contributed by atoms with E-state index in [4.69, 9.17) is 9.72 Å². The summed E-state index contributed by atoms with van der Waals surface area (Å²) in [7, 11) is 1.66. The first-order chi connectivity index (χ1) is 10.7. The molecule has 1 unspecified atom stereocenters. The van der Waals surface area contributed by atoms with Gasteiger partial charge in [-0.3, -0.25) is 9.78 Å². The van der Waals surface area contributed by atoms with Gasteiger partial charge in [0.25, 0.3) is 0 Å². The van der Waals surface area contributed by atoms with E-state index in [9.17, 15) is 4.79 Å². The van der Waals surface area contributed by atoms with Gasteiger partial charge in [-0.25, -0.2) is 0 Å². The summed E-state index contributed by atoms with van der Waals surface area (Å²) < 4.78 is 5.18. The fourth-order valence-corrected chi connectivity index (χ4v) is 3.12. The molecule has 22 heavy (non-hydrogen) atoms. The minimum Gasteiger partial charge on any atom is -0.497 e. The minimum atomic E-state index is 0.186. The first-order valence-corrected chi connectivity index (χ1v) is 7.91. The summed E-state index contributed by atoms with van der Waals surface area (Å²) in [5.74, 6) is 1.29. The normalized spacial score (nSPS) is 17.2. The third kappa shape index (κ3) is 2.76. The number of rotatable bonds is 4. The summed E-state index contributed by atoms with van der Waals surface area (Å²) in [5.41, 5.74) is 3.74. The quantitative estimate of drug-likeness (QED) is 0.844. The number of pyridine rings is 1. The fraction of sp³-hybridized carbons (Fsp3) is 0.368. The molecule has 0 saturated heterocycles. The molecule has 1 atom stereocenters. The highest BCUT2D eigenvalue weighted by Gasteiger charge is 2.27. The van der Waals surface area contributed by atoms with E-state index in [1.807, 2.05) is 36.4 Å². The monoisotopic (exact) mass is 295 g/mol. The lowest BCUT2D eigenvalue weighted by Crippen LogP contribution is -2.23. The molecule has 2 aromatic rings. The maximum atomic E-state index is 12.5. The van der Waals surface area contributed by atoms with Gasteiger partial charge in [0.05, 0.1) is 18.5 Å². The molecule has 114 valence electrons. The Morgan fingerprint density at radius 1 is 1.18 bits per heavy atom. The zero-order valence-electron chi connectivity index (χ0n) is 13.1. The number of ketones is 1. The number of hydrogen-bond acceptors (Lipinski definition) is 3. The van der Waals surface area contributed by atoms with E-state index in [0.717, 1.165) is 53.9 Å². The Morgan fingerprint density at radius 3 is 2.64 bits per heavy atom. The Labute approximate surface area is 131 Å². The molecule has 0 amide bonds. The van der Waals surface area contributed by atoms with Crippen LogP contribution >= 0.6 is 0 Å². The number of ether oxygens (including phenoxy) is 1. The number of carbonyl (C=O) groups is 1. The lowest BCUT2D eigenvalue weighted by Gasteiger charge is -2.22. The second-order valence-corrected chi connectivity index (χ2v) is 5.81. The van der Waals surface area contributed by atoms with Gasteiger partial charge in [0.1, 0.15) is 5.75 Å². The molecule has 0 N–H and O–H groups in total. The maximum Gasteiger partial charge on any atom is 0.167 e. The van der Waals surface area contributed by atoms with Crippen molar-refractivity contribution < 1.29 is 9.53 Å². The molecule has 1 aromatic heterocycles. The molecule has 0 saturated carbocycles. The molecule has 1 heterocycles. The van der Waals surface area contributed by atoms with Crippen LogP contribution in [0, 0.1) is 5.92 Å². The third-order valence-electron chi connectivity index (χ3n) is 4.36. The highest BCUT2D eigenvalue weighted by molar-refractivity contribution is 6.00. The first kappa shape index (κ1) is 14.8. The van der Waals surface area contributed by atoms with E-state index >= 15 is 0 Å². The number of benzene rings is 1. The Hall–Kier alpha value is -2.16. The van der Waals surface area contributed by atoms with Crippen LogP contribution in [0.5, 0.6) is 5.75 Å². The summed E-state index contributed by atoms with van der Waals surface area (Å²) in [4.78, 5) is 17.2. The largest absolute Gasteiger partial charge is 0.497 e. The smallest absolute Gasteiger partial charge is 0.167 e. The van der Waals surface area contributed by atoms with Crippen molar-refractivity contribution in [1.29, 1.82) is 0 Å². The summed E-state index contributed by atoms with van der Waals surface area (Å²) in [6.45, 7) is 2.13. The van der Waals surface area contributed by atoms with Crippen molar-refractivity contribution in [2.75, 3.05) is 7.11 Å². The van der Waals surface area contributed by atoms with Crippen LogP contribution in [0.2, 0.25) is 0 Å². The van der Waals surface area contributed by atoms with Gasteiger partial charge in [0.2, 0.25) is 0 Å². The van der Waals surface area contributed by atoms with E-state index < -0.39 is 0 Å². The van der Waals surface area contributed by atoms with Crippen molar-refractivity contribution in [2.45, 2.75) is 32.6 Å². The Kier molecular flexibility index (Phi) is 4.23. The molecule has 1 aliphatic carbocycles. The summed E-state index contributed by atoms with van der Waals surface area (Å²) >= 11 is 0. The average molecular weight is 295 g/mol. The van der Waals surface area contributed by atoms with Crippen molar-refractivity contribution in [2.24, 2.45) is 5.92 Å². The minimum absolute atomic E-state index is 0.186. The van der Waals surface area contributed by atoms with Crippen molar-refractivity contribution in [1.82, 2.24) is 4.98 Å². The van der Waals surface area contributed by atoms with E-state index in [0.29, 0.717) is 0 Å². The van der Waals surface area contributed by atoms with Crippen LogP contribution in [-0.4, -0.2) is 17.9 Å². The molecule has 3 heteroatoms. The Morgan fingerprint density at radius 2 is 1.95 bits per heavy atom. The van der Waals surface area contributed by atoms with Gasteiger partial charge in [0, 0.05) is 17.0 Å². The summed E-state index contributed by atoms with van der Waals surface area (Å²) in [5, 5.41) is 0. The number of carbonyl (C=O) groups excluding carboxylic acids is 1. The van der Waals surface area contributed by atoms with Crippen molar-refractivity contribution in [3.05, 3.63) is 47.7 Å². The van der Waals surface area contributed by atoms with Crippen LogP contribution in [0.3, 0.4) is 0 Å². The molecule has 0 radical (unpaired) electrons. The van der Waals surface area contributed by atoms with Gasteiger partial charge in [-0.1, -0.05) is 13.3 Å². The van der Waals surface area contributed by atoms with Crippen LogP contribution in [-0.2, 0) is 6.42 Å². The van der Waals surface area contributed by atoms with Gasteiger partial charge >= 0.3 is 0 Å². The van der Waals surface area contributed by atoms with E-state index in [2.05, 4.69) is 6.92 Å². The molecule has 1 aliphatic rings. The van der Waals surface area contributed by atoms with Crippen LogP contribution in [0.15, 0.2) is 36.4 Å². The number of hydrogen-bond donors (Lipinski definition) is 0. The first-order valence-electron chi connectivity index (χ1n) is 7.91. The number of aryl methyl sites for hydroxylation is 1. The fourth-order valence-electron chi connectivity index (χ4n) is 3.12. The number of fused-ring (bicyclic) bond motifs is 1. The van der Waals surface area contributed by atoms with Crippen LogP contribution in [0.25, 0.3) is 11.3 Å². The molecule has 3 nitrogen and oxygen atoms in total. The molecule has 3 rings (SSSR count). The Bertz CT molecular complexity index is 676. The topological polar surface area (TPSA) is 39.2 Å². The molecular formula is C19H21NO2. The van der Waals surface area contributed by atoms with E-state index in [1.54, 1.807) is 7.11 Å². The number of aromatic nitrogens is 1. The van der Waals surface area contributed by atoms with Gasteiger partial charge in [-0.05, 0) is 55.7 Å². The van der Waals surface area contributed by atoms with Crippen LogP contribution in [0.4, 0.5) is 0 Å². The number of Topliss-reactive ketones (excluding diaryl/α,β-unsaturated/α-hetero) is 1. The van der Waals surface area contributed by atoms with Gasteiger partial charge < -0.3 is 4.74 Å². The Balaban J connectivity index is 1.89. The lowest BCUT2D eigenvalue weighted by atomic mass is 9.82. The van der Waals surface area contributed by atoms with Gasteiger partial charge in [0.15, 0.2) is 5.78 Å². The SMILES string of the molecule is CCCC1CCc2nc(-c3ccc(OC)cc3)ccc2C1=O. The highest BCUT2D eigenvalue weighted by Crippen LogP contribution is 2.30. The zero-order chi connectivity index (χ0) is 15.5. The van der Waals surface area contributed by atoms with E-state index in [1.165, 1.54) is 0 Å². The lowest BCUT2D eigenvalue weighted by molar-refractivity contribution is 0.0893. The van der Waals surface area contributed by atoms with Gasteiger partial charge in [-0.15, -0.1) is 0 Å². The van der Waals surface area contributed by atoms with Crippen LogP contribution in [0.1, 0.15) is 42.2 Å². The van der Waals surface area contributed by atoms with Crippen molar-refractivity contribution >= 4 is 5.78 Å². The summed E-state index contributed by atoms with van der Waals surface area (Å²) in [6, 6.07) is 11.8. The number of nitrogens with zero attached hydrogens (tertiary/aromatic N) is 1.